The molecule has 0 bridgehead atoms. The number of fused-ring (bicyclic) bond motifs is 1. The van der Waals surface area contributed by atoms with Crippen LogP contribution in [0.2, 0.25) is 0 Å². The first-order chi connectivity index (χ1) is 14.0. The molecule has 144 valence electrons. The average molecular weight is 383 g/mol. The Morgan fingerprint density at radius 1 is 0.897 bits per heavy atom. The Hall–Kier alpha value is -3.66. The molecule has 1 aliphatic heterocycles. The lowest BCUT2D eigenvalue weighted by Gasteiger charge is -2.33. The zero-order valence-electron chi connectivity index (χ0n) is 16.1. The van der Waals surface area contributed by atoms with Gasteiger partial charge in [-0.1, -0.05) is 72.8 Å². The fraction of sp³-hybridized carbons (Fsp3) is 0.120. The number of esters is 1. The Bertz CT molecular complexity index is 1070. The quantitative estimate of drug-likeness (QED) is 0.511. The van der Waals surface area contributed by atoms with Crippen LogP contribution < -0.4 is 5.32 Å². The molecule has 1 N–H and O–H groups in total. The molecule has 4 nitrogen and oxygen atoms in total. The summed E-state index contributed by atoms with van der Waals surface area (Å²) < 4.78 is 5.48. The van der Waals surface area contributed by atoms with Gasteiger partial charge in [0.05, 0.1) is 5.56 Å². The van der Waals surface area contributed by atoms with Crippen LogP contribution in [0.3, 0.4) is 0 Å². The first-order valence-electron chi connectivity index (χ1n) is 9.49. The summed E-state index contributed by atoms with van der Waals surface area (Å²) in [6.45, 7) is 1.65. The highest BCUT2D eigenvalue weighted by Gasteiger charge is 2.42. The van der Waals surface area contributed by atoms with Gasteiger partial charge in [0.1, 0.15) is 0 Å². The van der Waals surface area contributed by atoms with Crippen molar-refractivity contribution in [3.8, 4) is 0 Å². The van der Waals surface area contributed by atoms with Crippen molar-refractivity contribution in [2.45, 2.75) is 18.9 Å². The van der Waals surface area contributed by atoms with Crippen molar-refractivity contribution in [1.29, 1.82) is 0 Å². The van der Waals surface area contributed by atoms with Crippen molar-refractivity contribution in [2.75, 3.05) is 5.32 Å². The number of rotatable bonds is 4. The van der Waals surface area contributed by atoms with E-state index in [4.69, 9.17) is 4.74 Å². The van der Waals surface area contributed by atoms with Gasteiger partial charge in [0.15, 0.2) is 5.60 Å². The van der Waals surface area contributed by atoms with E-state index in [0.29, 0.717) is 17.7 Å². The van der Waals surface area contributed by atoms with Crippen LogP contribution in [0.4, 0.5) is 5.69 Å². The van der Waals surface area contributed by atoms with E-state index >= 15 is 0 Å². The lowest BCUT2D eigenvalue weighted by atomic mass is 9.89. The summed E-state index contributed by atoms with van der Waals surface area (Å²) in [5, 5.41) is 2.86. The maximum Gasteiger partial charge on any atom is 0.339 e. The summed E-state index contributed by atoms with van der Waals surface area (Å²) in [7, 11) is 0. The Kier molecular flexibility index (Phi) is 5.00. The lowest BCUT2D eigenvalue weighted by Crippen LogP contribution is -2.48. The number of hydrogen-bond donors (Lipinski definition) is 1. The van der Waals surface area contributed by atoms with E-state index in [-0.39, 0.29) is 5.91 Å². The van der Waals surface area contributed by atoms with E-state index in [1.54, 1.807) is 19.1 Å². The smallest absolute Gasteiger partial charge is 0.339 e. The van der Waals surface area contributed by atoms with Crippen LogP contribution in [0.15, 0.2) is 78.9 Å². The van der Waals surface area contributed by atoms with Gasteiger partial charge in [-0.15, -0.1) is 0 Å². The monoisotopic (exact) mass is 383 g/mol. The van der Waals surface area contributed by atoms with Gasteiger partial charge in [-0.05, 0) is 41.8 Å². The fourth-order valence-corrected chi connectivity index (χ4v) is 3.36. The molecule has 0 aromatic heterocycles. The maximum atomic E-state index is 12.8. The van der Waals surface area contributed by atoms with Crippen LogP contribution in [-0.2, 0) is 16.0 Å². The molecule has 29 heavy (non-hydrogen) atoms. The topological polar surface area (TPSA) is 55.4 Å². The number of nitrogens with one attached hydrogen (secondary N) is 1. The molecule has 0 fully saturated rings. The van der Waals surface area contributed by atoms with Crippen molar-refractivity contribution in [3.63, 3.8) is 0 Å². The van der Waals surface area contributed by atoms with Gasteiger partial charge in [-0.3, -0.25) is 4.79 Å². The molecular formula is C25H21NO3. The minimum absolute atomic E-state index is 0.340. The highest BCUT2D eigenvalue weighted by atomic mass is 16.6. The standard InChI is InChI=1S/C25H21NO3/c1-25(17-20-9-5-6-10-22(20)23(27)29-25)24(28)26-21-15-13-19(14-16-21)12-11-18-7-3-2-4-8-18/h2-16H,17H2,1H3,(H,26,28)/b12-11+. The van der Waals surface area contributed by atoms with Crippen LogP contribution >= 0.6 is 0 Å². The predicted molar refractivity (Wildman–Crippen MR) is 114 cm³/mol. The average Bonchev–Trinajstić information content (AvgIpc) is 2.74. The third-order valence-electron chi connectivity index (χ3n) is 5.00. The lowest BCUT2D eigenvalue weighted by molar-refractivity contribution is -0.134. The third-order valence-corrected chi connectivity index (χ3v) is 5.00. The van der Waals surface area contributed by atoms with Gasteiger partial charge in [0, 0.05) is 12.1 Å². The number of benzene rings is 3. The molecule has 0 aliphatic carbocycles. The van der Waals surface area contributed by atoms with Crippen LogP contribution in [0.25, 0.3) is 12.2 Å². The van der Waals surface area contributed by atoms with Crippen molar-refractivity contribution >= 4 is 29.7 Å². The van der Waals surface area contributed by atoms with Crippen LogP contribution in [0, 0.1) is 0 Å². The summed E-state index contributed by atoms with van der Waals surface area (Å²) in [4.78, 5) is 25.1. The van der Waals surface area contributed by atoms with E-state index < -0.39 is 11.6 Å². The molecule has 1 aliphatic rings. The molecule has 1 atom stereocenters. The van der Waals surface area contributed by atoms with Crippen LogP contribution in [-0.4, -0.2) is 17.5 Å². The minimum Gasteiger partial charge on any atom is -0.445 e. The van der Waals surface area contributed by atoms with E-state index in [1.165, 1.54) is 0 Å². The fourth-order valence-electron chi connectivity index (χ4n) is 3.36. The van der Waals surface area contributed by atoms with Crippen molar-refractivity contribution in [2.24, 2.45) is 0 Å². The van der Waals surface area contributed by atoms with Gasteiger partial charge >= 0.3 is 5.97 Å². The van der Waals surface area contributed by atoms with E-state index in [9.17, 15) is 9.59 Å². The van der Waals surface area contributed by atoms with Gasteiger partial charge in [-0.25, -0.2) is 4.79 Å². The largest absolute Gasteiger partial charge is 0.445 e. The number of carbonyl (C=O) groups excluding carboxylic acids is 2. The van der Waals surface area contributed by atoms with Crippen molar-refractivity contribution in [3.05, 3.63) is 101 Å². The molecule has 1 heterocycles. The minimum atomic E-state index is -1.24. The van der Waals surface area contributed by atoms with Crippen LogP contribution in [0.5, 0.6) is 0 Å². The van der Waals surface area contributed by atoms with Gasteiger partial charge in [-0.2, -0.15) is 0 Å². The molecular weight excluding hydrogens is 362 g/mol. The second-order valence-corrected chi connectivity index (χ2v) is 7.27. The normalized spacial score (nSPS) is 18.2. The highest BCUT2D eigenvalue weighted by molar-refractivity contribution is 6.02. The number of carbonyl (C=O) groups is 2. The zero-order valence-corrected chi connectivity index (χ0v) is 16.1. The van der Waals surface area contributed by atoms with E-state index in [0.717, 1.165) is 16.7 Å². The Morgan fingerprint density at radius 3 is 2.24 bits per heavy atom. The molecule has 1 unspecified atom stereocenters. The third kappa shape index (κ3) is 4.11. The maximum absolute atomic E-state index is 12.8. The van der Waals surface area contributed by atoms with E-state index in [2.05, 4.69) is 5.32 Å². The van der Waals surface area contributed by atoms with Gasteiger partial charge in [0.25, 0.3) is 5.91 Å². The number of hydrogen-bond acceptors (Lipinski definition) is 3. The summed E-state index contributed by atoms with van der Waals surface area (Å²) in [6, 6.07) is 24.8. The van der Waals surface area contributed by atoms with Crippen molar-refractivity contribution < 1.29 is 14.3 Å². The predicted octanol–water partition coefficient (Wildman–Crippen LogP) is 4.97. The van der Waals surface area contributed by atoms with E-state index in [1.807, 2.05) is 78.9 Å². The second-order valence-electron chi connectivity index (χ2n) is 7.27. The Morgan fingerprint density at radius 2 is 1.52 bits per heavy atom. The number of ether oxygens (including phenoxy) is 1. The molecule has 1 amide bonds. The Balaban J connectivity index is 1.45. The summed E-state index contributed by atoms with van der Waals surface area (Å²) in [6.07, 6.45) is 4.40. The molecule has 3 aromatic rings. The molecule has 3 aromatic carbocycles. The first-order valence-corrected chi connectivity index (χ1v) is 9.49. The molecule has 4 rings (SSSR count). The summed E-state index contributed by atoms with van der Waals surface area (Å²) >= 11 is 0. The summed E-state index contributed by atoms with van der Waals surface area (Å²) in [5.74, 6) is -0.807. The molecule has 4 heteroatoms. The number of anilines is 1. The first kappa shape index (κ1) is 18.7. The number of amides is 1. The molecule has 0 spiro atoms. The van der Waals surface area contributed by atoms with Gasteiger partial charge < -0.3 is 10.1 Å². The summed E-state index contributed by atoms with van der Waals surface area (Å²) in [5.41, 5.74) is 2.91. The molecule has 0 saturated heterocycles. The zero-order chi connectivity index (χ0) is 20.3. The Labute approximate surface area is 169 Å². The van der Waals surface area contributed by atoms with Crippen LogP contribution in [0.1, 0.15) is 34.0 Å². The molecule has 0 radical (unpaired) electrons. The van der Waals surface area contributed by atoms with Gasteiger partial charge in [0.2, 0.25) is 0 Å². The van der Waals surface area contributed by atoms with Crippen molar-refractivity contribution in [1.82, 2.24) is 0 Å². The molecule has 0 saturated carbocycles. The highest BCUT2D eigenvalue weighted by Crippen LogP contribution is 2.29. The SMILES string of the molecule is CC1(C(=O)Nc2ccc(/C=C/c3ccccc3)cc2)Cc2ccccc2C(=O)O1. The number of cyclic esters (lactones) is 1. The second kappa shape index (κ2) is 7.76.